The topological polar surface area (TPSA) is 74.2 Å². The number of rotatable bonds is 4. The lowest BCUT2D eigenvalue weighted by Crippen LogP contribution is -2.19. The minimum Gasteiger partial charge on any atom is -0.492 e. The predicted molar refractivity (Wildman–Crippen MR) is 74.5 cm³/mol. The van der Waals surface area contributed by atoms with E-state index in [1.165, 1.54) is 0 Å². The van der Waals surface area contributed by atoms with Gasteiger partial charge in [0.25, 0.3) is 0 Å². The lowest BCUT2D eigenvalue weighted by molar-refractivity contribution is 0.306. The Kier molecular flexibility index (Phi) is 3.44. The maximum absolute atomic E-state index is 6.13. The zero-order valence-electron chi connectivity index (χ0n) is 11.7. The van der Waals surface area contributed by atoms with Crippen molar-refractivity contribution < 1.29 is 9.26 Å². The summed E-state index contributed by atoms with van der Waals surface area (Å²) in [6, 6.07) is 7.74. The Morgan fingerprint density at radius 3 is 3.00 bits per heavy atom. The monoisotopic (exact) mass is 273 g/mol. The fraction of sp³-hybridized carbons (Fsp3) is 0.467. The maximum Gasteiger partial charge on any atom is 0.243 e. The van der Waals surface area contributed by atoms with Crippen molar-refractivity contribution in [1.82, 2.24) is 10.1 Å². The number of nitrogens with zero attached hydrogens (tertiary/aromatic N) is 2. The van der Waals surface area contributed by atoms with Crippen LogP contribution >= 0.6 is 0 Å². The van der Waals surface area contributed by atoms with Gasteiger partial charge in [-0.2, -0.15) is 4.98 Å². The average molecular weight is 273 g/mol. The van der Waals surface area contributed by atoms with Gasteiger partial charge >= 0.3 is 0 Å². The van der Waals surface area contributed by atoms with E-state index in [9.17, 15) is 0 Å². The second-order valence-electron chi connectivity index (χ2n) is 5.30. The number of fused-ring (bicyclic) bond motifs is 1. The standard InChI is InChI=1S/C15H19N3O2/c1-3-9(2)13(16)15-17-14(18-20-15)11-8-19-12-7-5-4-6-10(11)12/h4-7,9,11,13H,3,8,16H2,1-2H3. The Morgan fingerprint density at radius 2 is 2.20 bits per heavy atom. The van der Waals surface area contributed by atoms with Crippen LogP contribution in [0.1, 0.15) is 49.5 Å². The highest BCUT2D eigenvalue weighted by atomic mass is 16.5. The Hall–Kier alpha value is -1.88. The van der Waals surface area contributed by atoms with Gasteiger partial charge in [-0.3, -0.25) is 0 Å². The smallest absolute Gasteiger partial charge is 0.243 e. The molecule has 1 aliphatic heterocycles. The van der Waals surface area contributed by atoms with Crippen LogP contribution in [0.5, 0.6) is 5.75 Å². The molecule has 20 heavy (non-hydrogen) atoms. The van der Waals surface area contributed by atoms with Crippen LogP contribution in [-0.2, 0) is 0 Å². The van der Waals surface area contributed by atoms with Gasteiger partial charge in [-0.15, -0.1) is 0 Å². The first-order valence-corrected chi connectivity index (χ1v) is 7.01. The van der Waals surface area contributed by atoms with Gasteiger partial charge in [0, 0.05) is 5.56 Å². The first-order chi connectivity index (χ1) is 9.70. The van der Waals surface area contributed by atoms with Crippen LogP contribution < -0.4 is 10.5 Å². The molecule has 1 aromatic heterocycles. The molecule has 2 aromatic rings. The third kappa shape index (κ3) is 2.18. The van der Waals surface area contributed by atoms with Crippen molar-refractivity contribution >= 4 is 0 Å². The van der Waals surface area contributed by atoms with Crippen LogP contribution in [0.15, 0.2) is 28.8 Å². The molecule has 5 heteroatoms. The molecule has 106 valence electrons. The summed E-state index contributed by atoms with van der Waals surface area (Å²) in [5.41, 5.74) is 7.24. The first-order valence-electron chi connectivity index (χ1n) is 7.01. The van der Waals surface area contributed by atoms with Gasteiger partial charge in [0.1, 0.15) is 12.4 Å². The molecule has 3 rings (SSSR count). The molecular weight excluding hydrogens is 254 g/mol. The van der Waals surface area contributed by atoms with Crippen molar-refractivity contribution in [1.29, 1.82) is 0 Å². The van der Waals surface area contributed by atoms with Crippen molar-refractivity contribution in [3.63, 3.8) is 0 Å². The molecular formula is C15H19N3O2. The summed E-state index contributed by atoms with van der Waals surface area (Å²) < 4.78 is 11.0. The minimum atomic E-state index is -0.209. The van der Waals surface area contributed by atoms with Gasteiger partial charge in [-0.1, -0.05) is 43.6 Å². The van der Waals surface area contributed by atoms with Gasteiger partial charge in [-0.25, -0.2) is 0 Å². The third-order valence-electron chi connectivity index (χ3n) is 4.01. The third-order valence-corrected chi connectivity index (χ3v) is 4.01. The minimum absolute atomic E-state index is 0.0350. The summed E-state index contributed by atoms with van der Waals surface area (Å²) in [6.07, 6.45) is 0.980. The highest BCUT2D eigenvalue weighted by Gasteiger charge is 2.30. The zero-order valence-corrected chi connectivity index (χ0v) is 11.7. The van der Waals surface area contributed by atoms with Crippen LogP contribution in [0.2, 0.25) is 0 Å². The Bertz CT molecular complexity index is 596. The second kappa shape index (κ2) is 5.25. The molecule has 1 aromatic carbocycles. The molecule has 3 unspecified atom stereocenters. The molecule has 1 aliphatic rings. The van der Waals surface area contributed by atoms with E-state index in [1.807, 2.05) is 24.3 Å². The van der Waals surface area contributed by atoms with Crippen LogP contribution in [0, 0.1) is 5.92 Å². The van der Waals surface area contributed by atoms with E-state index in [1.54, 1.807) is 0 Å². The van der Waals surface area contributed by atoms with Crippen LogP contribution in [-0.4, -0.2) is 16.7 Å². The van der Waals surface area contributed by atoms with Crippen molar-refractivity contribution in [3.05, 3.63) is 41.5 Å². The fourth-order valence-corrected chi connectivity index (χ4v) is 2.40. The molecule has 0 saturated carbocycles. The van der Waals surface area contributed by atoms with Crippen molar-refractivity contribution in [2.75, 3.05) is 6.61 Å². The first kappa shape index (κ1) is 13.1. The van der Waals surface area contributed by atoms with Gasteiger partial charge in [-0.05, 0) is 12.0 Å². The number of nitrogens with two attached hydrogens (primary N) is 1. The number of benzene rings is 1. The largest absolute Gasteiger partial charge is 0.492 e. The molecule has 3 atom stereocenters. The summed E-state index contributed by atoms with van der Waals surface area (Å²) in [5.74, 6) is 2.42. The van der Waals surface area contributed by atoms with E-state index in [0.29, 0.717) is 24.2 Å². The lowest BCUT2D eigenvalue weighted by atomic mass is 9.99. The SMILES string of the molecule is CCC(C)C(N)c1nc(C2COc3ccccc32)no1. The van der Waals surface area contributed by atoms with E-state index in [2.05, 4.69) is 24.0 Å². The van der Waals surface area contributed by atoms with Gasteiger partial charge in [0.2, 0.25) is 5.89 Å². The highest BCUT2D eigenvalue weighted by Crippen LogP contribution is 2.37. The number of ether oxygens (including phenoxy) is 1. The number of hydrogen-bond donors (Lipinski definition) is 1. The van der Waals surface area contributed by atoms with E-state index < -0.39 is 0 Å². The molecule has 0 bridgehead atoms. The summed E-state index contributed by atoms with van der Waals surface area (Å²) in [7, 11) is 0. The molecule has 0 saturated heterocycles. The second-order valence-corrected chi connectivity index (χ2v) is 5.30. The molecule has 5 nitrogen and oxygen atoms in total. The fourth-order valence-electron chi connectivity index (χ4n) is 2.40. The molecule has 2 N–H and O–H groups in total. The Labute approximate surface area is 118 Å². The van der Waals surface area contributed by atoms with Crippen LogP contribution in [0.3, 0.4) is 0 Å². The van der Waals surface area contributed by atoms with Gasteiger partial charge < -0.3 is 15.0 Å². The van der Waals surface area contributed by atoms with E-state index in [-0.39, 0.29) is 12.0 Å². The predicted octanol–water partition coefficient (Wildman–Crippen LogP) is 2.64. The van der Waals surface area contributed by atoms with Crippen LogP contribution in [0.4, 0.5) is 0 Å². The van der Waals surface area contributed by atoms with E-state index in [0.717, 1.165) is 17.7 Å². The van der Waals surface area contributed by atoms with E-state index >= 15 is 0 Å². The molecule has 0 fully saturated rings. The van der Waals surface area contributed by atoms with Gasteiger partial charge in [0.05, 0.1) is 12.0 Å². The van der Waals surface area contributed by atoms with E-state index in [4.69, 9.17) is 15.0 Å². The molecule has 0 radical (unpaired) electrons. The quantitative estimate of drug-likeness (QED) is 0.927. The summed E-state index contributed by atoms with van der Waals surface area (Å²) >= 11 is 0. The summed E-state index contributed by atoms with van der Waals surface area (Å²) in [4.78, 5) is 4.48. The Morgan fingerprint density at radius 1 is 1.40 bits per heavy atom. The highest BCUT2D eigenvalue weighted by molar-refractivity contribution is 5.42. The maximum atomic E-state index is 6.13. The normalized spacial score (nSPS) is 20.2. The number of hydrogen-bond acceptors (Lipinski definition) is 5. The molecule has 0 spiro atoms. The van der Waals surface area contributed by atoms with Crippen molar-refractivity contribution in [2.24, 2.45) is 11.7 Å². The molecule has 0 aliphatic carbocycles. The van der Waals surface area contributed by atoms with Crippen LogP contribution in [0.25, 0.3) is 0 Å². The summed E-state index contributed by atoms with van der Waals surface area (Å²) in [6.45, 7) is 4.74. The average Bonchev–Trinajstić information content (AvgIpc) is 3.11. The van der Waals surface area contributed by atoms with Crippen molar-refractivity contribution in [2.45, 2.75) is 32.2 Å². The molecule has 2 heterocycles. The number of aromatic nitrogens is 2. The lowest BCUT2D eigenvalue weighted by Gasteiger charge is -2.13. The zero-order chi connectivity index (χ0) is 14.1. The molecule has 0 amide bonds. The number of para-hydroxylation sites is 1. The summed E-state index contributed by atoms with van der Waals surface area (Å²) in [5, 5.41) is 4.09. The Balaban J connectivity index is 1.85. The van der Waals surface area contributed by atoms with Crippen molar-refractivity contribution in [3.8, 4) is 5.75 Å². The van der Waals surface area contributed by atoms with Gasteiger partial charge in [0.15, 0.2) is 5.82 Å².